The summed E-state index contributed by atoms with van der Waals surface area (Å²) in [6, 6.07) is 0.367. The van der Waals surface area contributed by atoms with Crippen LogP contribution in [-0.2, 0) is 14.6 Å². The molecule has 0 aromatic rings. The van der Waals surface area contributed by atoms with E-state index in [0.29, 0.717) is 18.7 Å². The maximum atomic E-state index is 11.4. The van der Waals surface area contributed by atoms with E-state index < -0.39 is 9.84 Å². The summed E-state index contributed by atoms with van der Waals surface area (Å²) >= 11 is 0. The zero-order valence-electron chi connectivity index (χ0n) is 11.3. The van der Waals surface area contributed by atoms with Gasteiger partial charge in [0.2, 0.25) is 0 Å². The van der Waals surface area contributed by atoms with Crippen LogP contribution in [0.4, 0.5) is 0 Å². The molecular formula is C12H25NO3S. The van der Waals surface area contributed by atoms with Crippen molar-refractivity contribution in [1.82, 2.24) is 5.32 Å². The molecule has 0 amide bonds. The Morgan fingerprint density at radius 2 is 2.00 bits per heavy atom. The lowest BCUT2D eigenvalue weighted by Gasteiger charge is -2.52. The second-order valence-electron chi connectivity index (χ2n) is 5.24. The highest BCUT2D eigenvalue weighted by atomic mass is 32.2. The van der Waals surface area contributed by atoms with Crippen LogP contribution in [0.25, 0.3) is 0 Å². The van der Waals surface area contributed by atoms with Gasteiger partial charge in [0.15, 0.2) is 9.84 Å². The Morgan fingerprint density at radius 3 is 2.47 bits per heavy atom. The van der Waals surface area contributed by atoms with Crippen LogP contribution < -0.4 is 5.32 Å². The number of ether oxygens (including phenoxy) is 1. The fraction of sp³-hybridized carbons (Fsp3) is 1.00. The highest BCUT2D eigenvalue weighted by Crippen LogP contribution is 2.42. The van der Waals surface area contributed by atoms with Crippen molar-refractivity contribution in [2.24, 2.45) is 5.41 Å². The van der Waals surface area contributed by atoms with E-state index in [1.165, 1.54) is 0 Å². The van der Waals surface area contributed by atoms with Gasteiger partial charge in [-0.05, 0) is 13.3 Å². The van der Waals surface area contributed by atoms with Crippen molar-refractivity contribution >= 4 is 9.84 Å². The Morgan fingerprint density at radius 1 is 1.35 bits per heavy atom. The molecule has 0 spiro atoms. The fourth-order valence-corrected chi connectivity index (χ4v) is 2.97. The highest BCUT2D eigenvalue weighted by molar-refractivity contribution is 7.91. The molecule has 2 atom stereocenters. The van der Waals surface area contributed by atoms with Gasteiger partial charge in [0.25, 0.3) is 0 Å². The maximum absolute atomic E-state index is 11.4. The van der Waals surface area contributed by atoms with E-state index in [2.05, 4.69) is 19.2 Å². The minimum Gasteiger partial charge on any atom is -0.378 e. The Balaban J connectivity index is 2.31. The highest BCUT2D eigenvalue weighted by Gasteiger charge is 2.48. The molecule has 5 heteroatoms. The molecule has 17 heavy (non-hydrogen) atoms. The van der Waals surface area contributed by atoms with Crippen molar-refractivity contribution in [3.05, 3.63) is 0 Å². The summed E-state index contributed by atoms with van der Waals surface area (Å²) in [5.74, 6) is 0.458. The standard InChI is InChI=1S/C12H25NO3S/c1-5-16-11-9-10(12(11,3)4)13-7-8-17(14,15)6-2/h10-11,13H,5-9H2,1-4H3. The first kappa shape index (κ1) is 14.9. The van der Waals surface area contributed by atoms with Crippen LogP contribution in [0.3, 0.4) is 0 Å². The van der Waals surface area contributed by atoms with Gasteiger partial charge in [0, 0.05) is 30.4 Å². The van der Waals surface area contributed by atoms with Crippen LogP contribution in [0.15, 0.2) is 0 Å². The van der Waals surface area contributed by atoms with Crippen LogP contribution in [0, 0.1) is 5.41 Å². The first-order valence-corrected chi connectivity index (χ1v) is 8.21. The Bertz CT molecular complexity index is 338. The van der Waals surface area contributed by atoms with E-state index in [0.717, 1.165) is 13.0 Å². The second-order valence-corrected chi connectivity index (χ2v) is 7.72. The van der Waals surface area contributed by atoms with Gasteiger partial charge in [-0.1, -0.05) is 20.8 Å². The van der Waals surface area contributed by atoms with Gasteiger partial charge < -0.3 is 10.1 Å². The fourth-order valence-electron chi connectivity index (χ4n) is 2.25. The molecule has 1 saturated carbocycles. The molecule has 102 valence electrons. The number of hydrogen-bond acceptors (Lipinski definition) is 4. The SMILES string of the molecule is CCOC1CC(NCCS(=O)(=O)CC)C1(C)C. The molecule has 1 aliphatic carbocycles. The molecule has 1 fully saturated rings. The van der Waals surface area contributed by atoms with Crippen molar-refractivity contribution < 1.29 is 13.2 Å². The van der Waals surface area contributed by atoms with Crippen LogP contribution in [0.2, 0.25) is 0 Å². The summed E-state index contributed by atoms with van der Waals surface area (Å²) in [5.41, 5.74) is 0.103. The van der Waals surface area contributed by atoms with Crippen LogP contribution in [0.5, 0.6) is 0 Å². The Hall–Kier alpha value is -0.130. The second kappa shape index (κ2) is 5.67. The van der Waals surface area contributed by atoms with E-state index in [-0.39, 0.29) is 16.9 Å². The normalized spacial score (nSPS) is 27.8. The molecule has 4 nitrogen and oxygen atoms in total. The molecule has 1 aliphatic rings. The molecule has 0 aromatic carbocycles. The Kier molecular flexibility index (Phi) is 4.98. The van der Waals surface area contributed by atoms with Gasteiger partial charge in [-0.3, -0.25) is 0 Å². The van der Waals surface area contributed by atoms with Crippen molar-refractivity contribution in [1.29, 1.82) is 0 Å². The van der Waals surface area contributed by atoms with Crippen molar-refractivity contribution in [3.8, 4) is 0 Å². The van der Waals surface area contributed by atoms with E-state index >= 15 is 0 Å². The zero-order valence-corrected chi connectivity index (χ0v) is 12.1. The molecule has 1 N–H and O–H groups in total. The number of sulfone groups is 1. The third kappa shape index (κ3) is 3.66. The molecular weight excluding hydrogens is 238 g/mol. The molecule has 0 bridgehead atoms. The third-order valence-electron chi connectivity index (χ3n) is 3.79. The Labute approximate surface area is 105 Å². The predicted molar refractivity (Wildman–Crippen MR) is 69.9 cm³/mol. The summed E-state index contributed by atoms with van der Waals surface area (Å²) in [6.45, 7) is 9.32. The summed E-state index contributed by atoms with van der Waals surface area (Å²) in [7, 11) is -2.85. The minimum absolute atomic E-state index is 0.103. The molecule has 0 heterocycles. The topological polar surface area (TPSA) is 55.4 Å². The lowest BCUT2D eigenvalue weighted by Crippen LogP contribution is -2.61. The first-order chi connectivity index (χ1) is 7.83. The number of nitrogens with one attached hydrogen (secondary N) is 1. The minimum atomic E-state index is -2.85. The molecule has 0 radical (unpaired) electrons. The summed E-state index contributed by atoms with van der Waals surface area (Å²) in [4.78, 5) is 0. The van der Waals surface area contributed by atoms with E-state index in [1.807, 2.05) is 6.92 Å². The molecule has 1 rings (SSSR count). The van der Waals surface area contributed by atoms with Crippen molar-refractivity contribution in [2.45, 2.75) is 46.3 Å². The summed E-state index contributed by atoms with van der Waals surface area (Å²) in [5, 5.41) is 3.33. The van der Waals surface area contributed by atoms with Crippen molar-refractivity contribution in [2.75, 3.05) is 24.7 Å². The van der Waals surface area contributed by atoms with Gasteiger partial charge in [-0.25, -0.2) is 8.42 Å². The van der Waals surface area contributed by atoms with E-state index in [1.54, 1.807) is 6.92 Å². The van der Waals surface area contributed by atoms with Gasteiger partial charge in [-0.2, -0.15) is 0 Å². The third-order valence-corrected chi connectivity index (χ3v) is 5.49. The molecule has 0 aromatic heterocycles. The van der Waals surface area contributed by atoms with E-state index in [9.17, 15) is 8.42 Å². The average Bonchev–Trinajstić information content (AvgIpc) is 2.27. The lowest BCUT2D eigenvalue weighted by atomic mass is 9.64. The van der Waals surface area contributed by atoms with Crippen LogP contribution in [-0.4, -0.2) is 45.2 Å². The quantitative estimate of drug-likeness (QED) is 0.750. The largest absolute Gasteiger partial charge is 0.378 e. The number of hydrogen-bond donors (Lipinski definition) is 1. The van der Waals surface area contributed by atoms with Gasteiger partial charge >= 0.3 is 0 Å². The van der Waals surface area contributed by atoms with E-state index in [4.69, 9.17) is 4.74 Å². The average molecular weight is 263 g/mol. The smallest absolute Gasteiger partial charge is 0.151 e. The monoisotopic (exact) mass is 263 g/mol. The van der Waals surface area contributed by atoms with Gasteiger partial charge in [0.05, 0.1) is 11.9 Å². The van der Waals surface area contributed by atoms with Gasteiger partial charge in [0.1, 0.15) is 0 Å². The summed E-state index contributed by atoms with van der Waals surface area (Å²) in [6.07, 6.45) is 1.28. The molecule has 0 aliphatic heterocycles. The summed E-state index contributed by atoms with van der Waals surface area (Å²) < 4.78 is 28.3. The van der Waals surface area contributed by atoms with Crippen LogP contribution >= 0.6 is 0 Å². The maximum Gasteiger partial charge on any atom is 0.151 e. The first-order valence-electron chi connectivity index (χ1n) is 6.39. The van der Waals surface area contributed by atoms with Crippen molar-refractivity contribution in [3.63, 3.8) is 0 Å². The van der Waals surface area contributed by atoms with Gasteiger partial charge in [-0.15, -0.1) is 0 Å². The predicted octanol–water partition coefficient (Wildman–Crippen LogP) is 1.21. The molecule has 0 saturated heterocycles. The van der Waals surface area contributed by atoms with Crippen LogP contribution in [0.1, 0.15) is 34.1 Å². The number of rotatable bonds is 7. The zero-order chi connectivity index (χ0) is 13.1. The molecule has 2 unspecified atom stereocenters. The lowest BCUT2D eigenvalue weighted by molar-refractivity contribution is -0.113.